The van der Waals surface area contributed by atoms with Crippen LogP contribution in [0, 0.1) is 0 Å². The summed E-state index contributed by atoms with van der Waals surface area (Å²) >= 11 is 0. The molecular formula is C18H24N4O2. The van der Waals surface area contributed by atoms with Crippen LogP contribution in [0.2, 0.25) is 0 Å². The smallest absolute Gasteiger partial charge is 0.317 e. The summed E-state index contributed by atoms with van der Waals surface area (Å²) in [6.07, 6.45) is 5.43. The van der Waals surface area contributed by atoms with Gasteiger partial charge in [-0.15, -0.1) is 0 Å². The molecule has 1 fully saturated rings. The molecule has 2 amide bonds. The Labute approximate surface area is 142 Å². The van der Waals surface area contributed by atoms with Crippen molar-refractivity contribution in [3.63, 3.8) is 0 Å². The maximum Gasteiger partial charge on any atom is 0.317 e. The number of ether oxygens (including phenoxy) is 1. The predicted octanol–water partition coefficient (Wildman–Crippen LogP) is 2.44. The van der Waals surface area contributed by atoms with E-state index in [2.05, 4.69) is 10.4 Å². The number of aromatic nitrogens is 2. The van der Waals surface area contributed by atoms with E-state index >= 15 is 0 Å². The van der Waals surface area contributed by atoms with Gasteiger partial charge in [0.15, 0.2) is 0 Å². The number of nitrogens with zero attached hydrogens (tertiary/aromatic N) is 3. The highest BCUT2D eigenvalue weighted by Gasteiger charge is 2.24. The van der Waals surface area contributed by atoms with Crippen molar-refractivity contribution in [3.05, 3.63) is 54.4 Å². The Balaban J connectivity index is 1.69. The Morgan fingerprint density at radius 3 is 2.75 bits per heavy atom. The first-order valence-corrected chi connectivity index (χ1v) is 8.37. The van der Waals surface area contributed by atoms with Crippen molar-refractivity contribution in [2.75, 3.05) is 20.3 Å². The fraction of sp³-hybridized carbons (Fsp3) is 0.444. The molecule has 3 rings (SSSR count). The van der Waals surface area contributed by atoms with Gasteiger partial charge in [-0.1, -0.05) is 30.3 Å². The van der Waals surface area contributed by atoms with Crippen LogP contribution < -0.4 is 5.32 Å². The summed E-state index contributed by atoms with van der Waals surface area (Å²) < 4.78 is 7.22. The number of carbonyl (C=O) groups excluding carboxylic acids is 1. The highest BCUT2D eigenvalue weighted by molar-refractivity contribution is 5.74. The molecule has 1 N–H and O–H groups in total. The van der Waals surface area contributed by atoms with E-state index in [1.165, 1.54) is 0 Å². The van der Waals surface area contributed by atoms with E-state index in [1.54, 1.807) is 6.20 Å². The van der Waals surface area contributed by atoms with Gasteiger partial charge in [0.05, 0.1) is 12.6 Å². The zero-order valence-corrected chi connectivity index (χ0v) is 14.0. The minimum Gasteiger partial charge on any atom is -0.381 e. The van der Waals surface area contributed by atoms with E-state index in [1.807, 2.05) is 59.2 Å². The predicted molar refractivity (Wildman–Crippen MR) is 91.5 cm³/mol. The zero-order valence-electron chi connectivity index (χ0n) is 14.0. The standard InChI is InChI=1S/C18H24N4O2/c1-21(16-8-12-24-13-9-16)18(23)20-17(14-22-11-5-10-19-22)15-6-3-2-4-7-15/h2-7,10-11,16-17H,8-9,12-14H2,1H3,(H,20,23)/t17-/m0/s1. The Hall–Kier alpha value is -2.34. The minimum absolute atomic E-state index is 0.0529. The van der Waals surface area contributed by atoms with Crippen LogP contribution in [0.4, 0.5) is 4.79 Å². The molecular weight excluding hydrogens is 304 g/mol. The van der Waals surface area contributed by atoms with Crippen LogP contribution in [0.1, 0.15) is 24.4 Å². The fourth-order valence-electron chi connectivity index (χ4n) is 3.00. The SMILES string of the molecule is CN(C(=O)N[C@@H](Cn1cccn1)c1ccccc1)C1CCOCC1. The van der Waals surface area contributed by atoms with Gasteiger partial charge in [0.25, 0.3) is 0 Å². The zero-order chi connectivity index (χ0) is 16.8. The molecule has 0 bridgehead atoms. The molecule has 1 aromatic heterocycles. The Bertz CT molecular complexity index is 624. The number of carbonyl (C=O) groups is 1. The van der Waals surface area contributed by atoms with Gasteiger partial charge in [-0.2, -0.15) is 5.10 Å². The topological polar surface area (TPSA) is 59.4 Å². The number of hydrogen-bond donors (Lipinski definition) is 1. The van der Waals surface area contributed by atoms with Gasteiger partial charge in [0.2, 0.25) is 0 Å². The second-order valence-electron chi connectivity index (χ2n) is 6.10. The van der Waals surface area contributed by atoms with Gasteiger partial charge < -0.3 is 15.0 Å². The second kappa shape index (κ2) is 7.97. The summed E-state index contributed by atoms with van der Waals surface area (Å²) in [7, 11) is 1.86. The average molecular weight is 328 g/mol. The summed E-state index contributed by atoms with van der Waals surface area (Å²) in [5.74, 6) is 0. The van der Waals surface area contributed by atoms with Crippen molar-refractivity contribution >= 4 is 6.03 Å². The lowest BCUT2D eigenvalue weighted by Gasteiger charge is -2.32. The maximum absolute atomic E-state index is 12.7. The molecule has 6 nitrogen and oxygen atoms in total. The number of nitrogens with one attached hydrogen (secondary N) is 1. The molecule has 1 aliphatic rings. The van der Waals surface area contributed by atoms with E-state index in [9.17, 15) is 4.79 Å². The third-order valence-electron chi connectivity index (χ3n) is 4.49. The number of urea groups is 1. The average Bonchev–Trinajstić information content (AvgIpc) is 3.15. The minimum atomic E-state index is -0.124. The molecule has 1 aliphatic heterocycles. The molecule has 1 saturated heterocycles. The summed E-state index contributed by atoms with van der Waals surface area (Å²) in [6, 6.07) is 12.0. The van der Waals surface area contributed by atoms with E-state index in [0.29, 0.717) is 6.54 Å². The van der Waals surface area contributed by atoms with Gasteiger partial charge in [-0.3, -0.25) is 4.68 Å². The van der Waals surface area contributed by atoms with Crippen molar-refractivity contribution in [2.45, 2.75) is 31.5 Å². The monoisotopic (exact) mass is 328 g/mol. The van der Waals surface area contributed by atoms with Gasteiger partial charge >= 0.3 is 6.03 Å². The Kier molecular flexibility index (Phi) is 5.48. The van der Waals surface area contributed by atoms with E-state index in [-0.39, 0.29) is 18.1 Å². The first kappa shape index (κ1) is 16.5. The van der Waals surface area contributed by atoms with E-state index in [4.69, 9.17) is 4.74 Å². The van der Waals surface area contributed by atoms with Crippen molar-refractivity contribution in [3.8, 4) is 0 Å². The van der Waals surface area contributed by atoms with E-state index in [0.717, 1.165) is 31.6 Å². The van der Waals surface area contributed by atoms with Crippen LogP contribution in [0.25, 0.3) is 0 Å². The van der Waals surface area contributed by atoms with Crippen LogP contribution in [0.15, 0.2) is 48.8 Å². The van der Waals surface area contributed by atoms with Gasteiger partial charge in [-0.25, -0.2) is 4.79 Å². The quantitative estimate of drug-likeness (QED) is 0.917. The molecule has 0 aliphatic carbocycles. The number of rotatable bonds is 5. The number of benzene rings is 1. The molecule has 0 saturated carbocycles. The number of hydrogen-bond acceptors (Lipinski definition) is 3. The fourth-order valence-corrected chi connectivity index (χ4v) is 3.00. The summed E-state index contributed by atoms with van der Waals surface area (Å²) in [4.78, 5) is 14.5. The van der Waals surface area contributed by atoms with Gasteiger partial charge in [-0.05, 0) is 24.5 Å². The van der Waals surface area contributed by atoms with Crippen LogP contribution in [0.3, 0.4) is 0 Å². The van der Waals surface area contributed by atoms with Crippen molar-refractivity contribution in [1.82, 2.24) is 20.0 Å². The maximum atomic E-state index is 12.7. The highest BCUT2D eigenvalue weighted by Crippen LogP contribution is 2.17. The lowest BCUT2D eigenvalue weighted by Crippen LogP contribution is -2.47. The molecule has 0 unspecified atom stereocenters. The molecule has 24 heavy (non-hydrogen) atoms. The van der Waals surface area contributed by atoms with Crippen molar-refractivity contribution in [1.29, 1.82) is 0 Å². The molecule has 6 heteroatoms. The van der Waals surface area contributed by atoms with Crippen LogP contribution >= 0.6 is 0 Å². The Morgan fingerprint density at radius 1 is 1.33 bits per heavy atom. The van der Waals surface area contributed by atoms with Crippen LogP contribution in [-0.4, -0.2) is 47.0 Å². The van der Waals surface area contributed by atoms with E-state index < -0.39 is 0 Å². The summed E-state index contributed by atoms with van der Waals surface area (Å²) in [5.41, 5.74) is 1.07. The second-order valence-corrected chi connectivity index (χ2v) is 6.10. The van der Waals surface area contributed by atoms with Crippen LogP contribution in [-0.2, 0) is 11.3 Å². The first-order chi connectivity index (χ1) is 11.7. The third kappa shape index (κ3) is 4.14. The molecule has 0 radical (unpaired) electrons. The van der Waals surface area contributed by atoms with Crippen molar-refractivity contribution in [2.24, 2.45) is 0 Å². The molecule has 1 atom stereocenters. The summed E-state index contributed by atoms with van der Waals surface area (Å²) in [5, 5.41) is 7.41. The lowest BCUT2D eigenvalue weighted by atomic mass is 10.1. The highest BCUT2D eigenvalue weighted by atomic mass is 16.5. The molecule has 2 aromatic rings. The largest absolute Gasteiger partial charge is 0.381 e. The molecule has 0 spiro atoms. The van der Waals surface area contributed by atoms with Crippen LogP contribution in [0.5, 0.6) is 0 Å². The normalized spacial score (nSPS) is 16.5. The summed E-state index contributed by atoms with van der Waals surface area (Å²) in [6.45, 7) is 2.04. The molecule has 128 valence electrons. The van der Waals surface area contributed by atoms with Gasteiger partial charge in [0.1, 0.15) is 0 Å². The third-order valence-corrected chi connectivity index (χ3v) is 4.49. The molecule has 2 heterocycles. The van der Waals surface area contributed by atoms with Crippen molar-refractivity contribution < 1.29 is 9.53 Å². The Morgan fingerprint density at radius 2 is 2.08 bits per heavy atom. The number of amides is 2. The molecule has 1 aromatic carbocycles. The lowest BCUT2D eigenvalue weighted by molar-refractivity contribution is 0.0521. The van der Waals surface area contributed by atoms with Gasteiger partial charge in [0, 0.05) is 38.7 Å². The first-order valence-electron chi connectivity index (χ1n) is 8.37.